The molecule has 0 amide bonds. The molecule has 0 aromatic heterocycles. The van der Waals surface area contributed by atoms with Crippen molar-refractivity contribution in [1.82, 2.24) is 0 Å². The third kappa shape index (κ3) is 3.59. The molecule has 0 heterocycles. The SMILES string of the molecule is COC(=N)CCCl. The number of methoxy groups -OCH3 is 1. The van der Waals surface area contributed by atoms with Crippen LogP contribution in [0.25, 0.3) is 0 Å². The van der Waals surface area contributed by atoms with Gasteiger partial charge in [-0.25, -0.2) is 0 Å². The van der Waals surface area contributed by atoms with Gasteiger partial charge in [-0.3, -0.25) is 5.41 Å². The lowest BCUT2D eigenvalue weighted by Crippen LogP contribution is -1.98. The molecule has 0 aromatic carbocycles. The molecule has 0 spiro atoms. The fraction of sp³-hybridized carbons (Fsp3) is 0.750. The molecule has 0 unspecified atom stereocenters. The van der Waals surface area contributed by atoms with Crippen LogP contribution in [-0.2, 0) is 4.74 Å². The first-order valence-corrected chi connectivity index (χ1v) is 2.52. The number of nitrogens with one attached hydrogen (secondary N) is 1. The van der Waals surface area contributed by atoms with Crippen LogP contribution in [0.5, 0.6) is 0 Å². The number of rotatable bonds is 2. The third-order valence-electron chi connectivity index (χ3n) is 0.568. The van der Waals surface area contributed by atoms with E-state index in [-0.39, 0.29) is 5.90 Å². The number of ether oxygens (including phenoxy) is 1. The van der Waals surface area contributed by atoms with Crippen LogP contribution in [0.4, 0.5) is 0 Å². The predicted octanol–water partition coefficient (Wildman–Crippen LogP) is 1.24. The van der Waals surface area contributed by atoms with E-state index >= 15 is 0 Å². The molecule has 0 aromatic rings. The van der Waals surface area contributed by atoms with Crippen molar-refractivity contribution in [3.63, 3.8) is 0 Å². The zero-order valence-electron chi connectivity index (χ0n) is 4.20. The van der Waals surface area contributed by atoms with Crippen molar-refractivity contribution in [2.45, 2.75) is 6.42 Å². The molecule has 0 saturated heterocycles. The van der Waals surface area contributed by atoms with E-state index in [0.717, 1.165) is 0 Å². The van der Waals surface area contributed by atoms with Crippen LogP contribution in [0.2, 0.25) is 0 Å². The van der Waals surface area contributed by atoms with Crippen LogP contribution in [0.3, 0.4) is 0 Å². The maximum absolute atomic E-state index is 6.83. The normalized spacial score (nSPS) is 8.29. The Morgan fingerprint density at radius 1 is 1.86 bits per heavy atom. The molecule has 42 valence electrons. The van der Waals surface area contributed by atoms with E-state index in [1.807, 2.05) is 0 Å². The minimum atomic E-state index is 0.245. The van der Waals surface area contributed by atoms with Crippen LogP contribution in [0.15, 0.2) is 0 Å². The monoisotopic (exact) mass is 121 g/mol. The molecule has 0 radical (unpaired) electrons. The Labute approximate surface area is 47.9 Å². The average Bonchev–Trinajstić information content (AvgIpc) is 1.68. The molecular formula is C4H8ClNO. The second-order valence-corrected chi connectivity index (χ2v) is 1.44. The van der Waals surface area contributed by atoms with Crippen molar-refractivity contribution in [2.24, 2.45) is 0 Å². The average molecular weight is 122 g/mol. The maximum atomic E-state index is 6.83. The van der Waals surface area contributed by atoms with Gasteiger partial charge in [0.15, 0.2) is 5.90 Å². The lowest BCUT2D eigenvalue weighted by Gasteiger charge is -1.94. The van der Waals surface area contributed by atoms with E-state index < -0.39 is 0 Å². The second kappa shape index (κ2) is 3.93. The highest BCUT2D eigenvalue weighted by atomic mass is 35.5. The Balaban J connectivity index is 3.00. The van der Waals surface area contributed by atoms with E-state index in [1.54, 1.807) is 0 Å². The van der Waals surface area contributed by atoms with Crippen molar-refractivity contribution in [3.05, 3.63) is 0 Å². The summed E-state index contributed by atoms with van der Waals surface area (Å²) >= 11 is 5.25. The van der Waals surface area contributed by atoms with Crippen LogP contribution >= 0.6 is 11.6 Å². The first-order valence-electron chi connectivity index (χ1n) is 1.98. The lowest BCUT2D eigenvalue weighted by molar-refractivity contribution is 0.389. The van der Waals surface area contributed by atoms with E-state index in [1.165, 1.54) is 7.11 Å². The van der Waals surface area contributed by atoms with Gasteiger partial charge in [-0.15, -0.1) is 11.6 Å². The van der Waals surface area contributed by atoms with Gasteiger partial charge in [0.2, 0.25) is 0 Å². The summed E-state index contributed by atoms with van der Waals surface area (Å²) in [5.74, 6) is 0.710. The van der Waals surface area contributed by atoms with Gasteiger partial charge in [0.1, 0.15) is 0 Å². The quantitative estimate of drug-likeness (QED) is 0.333. The molecule has 0 bridgehead atoms. The Morgan fingerprint density at radius 2 is 2.43 bits per heavy atom. The van der Waals surface area contributed by atoms with Gasteiger partial charge in [-0.1, -0.05) is 0 Å². The third-order valence-corrected chi connectivity index (χ3v) is 0.757. The molecule has 0 saturated carbocycles. The lowest BCUT2D eigenvalue weighted by atomic mass is 10.5. The van der Waals surface area contributed by atoms with Crippen LogP contribution < -0.4 is 0 Å². The highest BCUT2D eigenvalue weighted by Crippen LogP contribution is 1.85. The summed E-state index contributed by atoms with van der Waals surface area (Å²) in [5, 5.41) is 6.83. The van der Waals surface area contributed by atoms with Crippen LogP contribution in [-0.4, -0.2) is 18.9 Å². The molecule has 7 heavy (non-hydrogen) atoms. The van der Waals surface area contributed by atoms with Crippen LogP contribution in [0, 0.1) is 5.41 Å². The summed E-state index contributed by atoms with van der Waals surface area (Å²) in [6.45, 7) is 0. The minimum Gasteiger partial charge on any atom is -0.484 e. The van der Waals surface area contributed by atoms with Crippen molar-refractivity contribution in [2.75, 3.05) is 13.0 Å². The molecule has 0 fully saturated rings. The molecule has 0 rings (SSSR count). The van der Waals surface area contributed by atoms with Crippen molar-refractivity contribution in [3.8, 4) is 0 Å². The van der Waals surface area contributed by atoms with E-state index in [9.17, 15) is 0 Å². The highest BCUT2D eigenvalue weighted by Gasteiger charge is 1.88. The summed E-state index contributed by atoms with van der Waals surface area (Å²) in [6.07, 6.45) is 0.526. The maximum Gasteiger partial charge on any atom is 0.181 e. The summed E-state index contributed by atoms with van der Waals surface area (Å²) in [4.78, 5) is 0. The van der Waals surface area contributed by atoms with Crippen molar-refractivity contribution >= 4 is 17.5 Å². The molecule has 3 heteroatoms. The summed E-state index contributed by atoms with van der Waals surface area (Å²) in [5.41, 5.74) is 0. The molecule has 0 aliphatic carbocycles. The fourth-order valence-electron chi connectivity index (χ4n) is 0.188. The number of hydrogen-bond acceptors (Lipinski definition) is 2. The van der Waals surface area contributed by atoms with Crippen molar-refractivity contribution in [1.29, 1.82) is 5.41 Å². The smallest absolute Gasteiger partial charge is 0.181 e. The molecule has 0 atom stereocenters. The van der Waals surface area contributed by atoms with Gasteiger partial charge in [0.25, 0.3) is 0 Å². The predicted molar refractivity (Wildman–Crippen MR) is 30.1 cm³/mol. The van der Waals surface area contributed by atoms with Gasteiger partial charge in [-0.05, 0) is 0 Å². The highest BCUT2D eigenvalue weighted by molar-refractivity contribution is 6.18. The van der Waals surface area contributed by atoms with Gasteiger partial charge < -0.3 is 4.74 Å². The van der Waals surface area contributed by atoms with Gasteiger partial charge in [0.05, 0.1) is 7.11 Å². The topological polar surface area (TPSA) is 33.1 Å². The summed E-state index contributed by atoms with van der Waals surface area (Å²) in [6, 6.07) is 0. The first-order chi connectivity index (χ1) is 3.31. The zero-order chi connectivity index (χ0) is 5.70. The number of halogens is 1. The van der Waals surface area contributed by atoms with Gasteiger partial charge >= 0.3 is 0 Å². The Bertz CT molecular complexity index is 64.7. The number of hydrogen-bond donors (Lipinski definition) is 1. The summed E-state index contributed by atoms with van der Waals surface area (Å²) in [7, 11) is 1.47. The number of alkyl halides is 1. The second-order valence-electron chi connectivity index (χ2n) is 1.07. The molecule has 0 aliphatic heterocycles. The van der Waals surface area contributed by atoms with Gasteiger partial charge in [-0.2, -0.15) is 0 Å². The van der Waals surface area contributed by atoms with Gasteiger partial charge in [0, 0.05) is 12.3 Å². The Hall–Kier alpha value is -0.240. The van der Waals surface area contributed by atoms with E-state index in [4.69, 9.17) is 17.0 Å². The van der Waals surface area contributed by atoms with Crippen LogP contribution in [0.1, 0.15) is 6.42 Å². The molecule has 1 N–H and O–H groups in total. The summed E-state index contributed by atoms with van der Waals surface area (Å²) < 4.78 is 4.49. The zero-order valence-corrected chi connectivity index (χ0v) is 4.96. The van der Waals surface area contributed by atoms with E-state index in [2.05, 4.69) is 4.74 Å². The fourth-order valence-corrected chi connectivity index (χ4v) is 0.360. The molecular weight excluding hydrogens is 114 g/mol. The molecule has 2 nitrogen and oxygen atoms in total. The largest absolute Gasteiger partial charge is 0.484 e. The minimum absolute atomic E-state index is 0.245. The molecule has 0 aliphatic rings. The van der Waals surface area contributed by atoms with E-state index in [0.29, 0.717) is 12.3 Å². The standard InChI is InChI=1S/C4H8ClNO/c1-7-4(6)2-3-5/h6H,2-3H2,1H3. The van der Waals surface area contributed by atoms with Crippen molar-refractivity contribution < 1.29 is 4.74 Å². The first kappa shape index (κ1) is 6.76. The Morgan fingerprint density at radius 3 is 2.57 bits per heavy atom. The Kier molecular flexibility index (Phi) is 3.80.